The Morgan fingerprint density at radius 3 is 1.55 bits per heavy atom. The van der Waals surface area contributed by atoms with E-state index in [4.69, 9.17) is 0 Å². The normalized spacial score (nSPS) is 12.2. The molecule has 1 aliphatic rings. The summed E-state index contributed by atoms with van der Waals surface area (Å²) in [5.74, 6) is -0.794. The molecule has 0 N–H and O–H groups in total. The smallest absolute Gasteiger partial charge is 0.299 e. The summed E-state index contributed by atoms with van der Waals surface area (Å²) in [5, 5.41) is 0.827. The number of hydrogen-bond acceptors (Lipinski definition) is 2. The molecule has 0 bridgehead atoms. The molecule has 0 spiro atoms. The second-order valence-corrected chi connectivity index (χ2v) is 8.45. The first kappa shape index (κ1) is 22.7. The van der Waals surface area contributed by atoms with Gasteiger partial charge < -0.3 is 4.90 Å². The van der Waals surface area contributed by atoms with E-state index < -0.39 is 5.91 Å². The lowest BCUT2D eigenvalue weighted by Gasteiger charge is -2.15. The number of nitrogens with zero attached hydrogens (tertiary/aromatic N) is 1. The molecule has 5 rings (SSSR count). The topological polar surface area (TPSA) is 37.4 Å². The van der Waals surface area contributed by atoms with Gasteiger partial charge in [0.1, 0.15) is 0 Å². The maximum Gasteiger partial charge on any atom is 0.299 e. The van der Waals surface area contributed by atoms with Crippen LogP contribution < -0.4 is 4.90 Å². The van der Waals surface area contributed by atoms with E-state index >= 15 is 0 Å². The predicted octanol–water partition coefficient (Wildman–Crippen LogP) is 7.02. The standard InChI is InChI=1S/C18H14.C11H10BrNO2/c1-3-7-15(8-4-1)17-11-13-18(14-12-17)16-9-5-2-6-10-16;12-6-3-7-13-9-5-2-1-4-8(9)10(14)11(13)15/h1-14H;1-2,4-5H,3,6-7H2. The van der Waals surface area contributed by atoms with E-state index in [0.29, 0.717) is 12.1 Å². The van der Waals surface area contributed by atoms with Crippen molar-refractivity contribution in [2.45, 2.75) is 6.42 Å². The van der Waals surface area contributed by atoms with Crippen LogP contribution in [-0.4, -0.2) is 23.6 Å². The fraction of sp³-hybridized carbons (Fsp3) is 0.103. The minimum absolute atomic E-state index is 0.389. The quantitative estimate of drug-likeness (QED) is 0.219. The summed E-state index contributed by atoms with van der Waals surface area (Å²) >= 11 is 3.31. The Kier molecular flexibility index (Phi) is 7.48. The van der Waals surface area contributed by atoms with E-state index in [-0.39, 0.29) is 5.78 Å². The second kappa shape index (κ2) is 10.9. The minimum Gasteiger partial charge on any atom is -0.305 e. The maximum absolute atomic E-state index is 11.6. The van der Waals surface area contributed by atoms with Crippen molar-refractivity contribution in [3.63, 3.8) is 0 Å². The van der Waals surface area contributed by atoms with Crippen LogP contribution in [0.5, 0.6) is 0 Å². The number of hydrogen-bond donors (Lipinski definition) is 0. The molecule has 0 saturated heterocycles. The number of Topliss-reactive ketones (excluding diaryl/α,β-unsaturated/α-hetero) is 1. The number of halogens is 1. The lowest BCUT2D eigenvalue weighted by molar-refractivity contribution is -0.114. The first-order chi connectivity index (χ1) is 16.2. The molecule has 33 heavy (non-hydrogen) atoms. The first-order valence-electron chi connectivity index (χ1n) is 10.9. The number of anilines is 1. The highest BCUT2D eigenvalue weighted by molar-refractivity contribution is 9.09. The van der Waals surface area contributed by atoms with Crippen molar-refractivity contribution in [3.8, 4) is 22.3 Å². The molecule has 1 aliphatic heterocycles. The van der Waals surface area contributed by atoms with Crippen LogP contribution in [-0.2, 0) is 4.79 Å². The number of carbonyl (C=O) groups is 2. The average molecular weight is 498 g/mol. The summed E-state index contributed by atoms with van der Waals surface area (Å²) in [7, 11) is 0. The van der Waals surface area contributed by atoms with Crippen molar-refractivity contribution in [2.24, 2.45) is 0 Å². The molecular weight excluding hydrogens is 474 g/mol. The Morgan fingerprint density at radius 1 is 0.576 bits per heavy atom. The Labute approximate surface area is 202 Å². The third-order valence-corrected chi connectivity index (χ3v) is 6.05. The predicted molar refractivity (Wildman–Crippen MR) is 139 cm³/mol. The van der Waals surface area contributed by atoms with E-state index in [0.717, 1.165) is 17.4 Å². The lowest BCUT2D eigenvalue weighted by Crippen LogP contribution is -2.30. The first-order valence-corrected chi connectivity index (χ1v) is 12.0. The van der Waals surface area contributed by atoms with Crippen LogP contribution in [0.4, 0.5) is 5.69 Å². The van der Waals surface area contributed by atoms with Crippen molar-refractivity contribution in [3.05, 3.63) is 115 Å². The summed E-state index contributed by atoms with van der Waals surface area (Å²) in [6.07, 6.45) is 0.841. The van der Waals surface area contributed by atoms with E-state index in [1.54, 1.807) is 17.0 Å². The Bertz CT molecular complexity index is 1160. The molecule has 164 valence electrons. The summed E-state index contributed by atoms with van der Waals surface area (Å²) in [6, 6.07) is 36.8. The van der Waals surface area contributed by atoms with Crippen molar-refractivity contribution in [2.75, 3.05) is 16.8 Å². The van der Waals surface area contributed by atoms with Crippen molar-refractivity contribution < 1.29 is 9.59 Å². The molecule has 0 atom stereocenters. The highest BCUT2D eigenvalue weighted by Gasteiger charge is 2.34. The number of para-hydroxylation sites is 1. The van der Waals surface area contributed by atoms with Crippen LogP contribution in [0.1, 0.15) is 16.8 Å². The molecule has 4 aromatic carbocycles. The van der Waals surface area contributed by atoms with Gasteiger partial charge in [0.2, 0.25) is 0 Å². The van der Waals surface area contributed by atoms with E-state index in [2.05, 4.69) is 88.7 Å². The molecule has 0 fully saturated rings. The van der Waals surface area contributed by atoms with Crippen LogP contribution >= 0.6 is 15.9 Å². The van der Waals surface area contributed by atoms with Gasteiger partial charge in [0, 0.05) is 11.9 Å². The van der Waals surface area contributed by atoms with Gasteiger partial charge in [-0.25, -0.2) is 0 Å². The van der Waals surface area contributed by atoms with Crippen LogP contribution in [0, 0.1) is 0 Å². The summed E-state index contributed by atoms with van der Waals surface area (Å²) < 4.78 is 0. The molecule has 1 amide bonds. The van der Waals surface area contributed by atoms with Crippen molar-refractivity contribution in [1.29, 1.82) is 0 Å². The fourth-order valence-corrected chi connectivity index (χ4v) is 4.06. The fourth-order valence-electron chi connectivity index (χ4n) is 3.80. The zero-order chi connectivity index (χ0) is 23.0. The largest absolute Gasteiger partial charge is 0.305 e. The molecule has 4 heteroatoms. The Hall–Kier alpha value is -3.50. The Morgan fingerprint density at radius 2 is 1.03 bits per heavy atom. The van der Waals surface area contributed by atoms with Crippen LogP contribution in [0.3, 0.4) is 0 Å². The summed E-state index contributed by atoms with van der Waals surface area (Å²) in [6.45, 7) is 0.590. The van der Waals surface area contributed by atoms with Crippen LogP contribution in [0.2, 0.25) is 0 Å². The van der Waals surface area contributed by atoms with Gasteiger partial charge in [0.15, 0.2) is 0 Å². The molecule has 0 aromatic heterocycles. The molecule has 0 unspecified atom stereocenters. The lowest BCUT2D eigenvalue weighted by atomic mass is 10.0. The van der Waals surface area contributed by atoms with Gasteiger partial charge in [-0.2, -0.15) is 0 Å². The van der Waals surface area contributed by atoms with Gasteiger partial charge in [-0.3, -0.25) is 9.59 Å². The SMILES string of the molecule is O=C1C(=O)N(CCCBr)c2ccccc21.c1ccc(-c2ccc(-c3ccccc3)cc2)cc1. The maximum atomic E-state index is 11.6. The zero-order valence-electron chi connectivity index (χ0n) is 18.2. The number of ketones is 1. The molecule has 1 heterocycles. The number of carbonyl (C=O) groups excluding carboxylic acids is 2. The molecule has 4 aromatic rings. The van der Waals surface area contributed by atoms with Crippen molar-refractivity contribution >= 4 is 33.3 Å². The van der Waals surface area contributed by atoms with Gasteiger partial charge in [0.05, 0.1) is 11.3 Å². The number of fused-ring (bicyclic) bond motifs is 1. The van der Waals surface area contributed by atoms with E-state index in [9.17, 15) is 9.59 Å². The number of amides is 1. The van der Waals surface area contributed by atoms with Crippen LogP contribution in [0.25, 0.3) is 22.3 Å². The van der Waals surface area contributed by atoms with Crippen LogP contribution in [0.15, 0.2) is 109 Å². The van der Waals surface area contributed by atoms with Gasteiger partial charge in [0.25, 0.3) is 11.7 Å². The molecule has 0 radical (unpaired) electrons. The number of rotatable bonds is 5. The monoisotopic (exact) mass is 497 g/mol. The number of alkyl halides is 1. The zero-order valence-corrected chi connectivity index (χ0v) is 19.7. The summed E-state index contributed by atoms with van der Waals surface area (Å²) in [4.78, 5) is 24.8. The van der Waals surface area contributed by atoms with Crippen molar-refractivity contribution in [1.82, 2.24) is 0 Å². The summed E-state index contributed by atoms with van der Waals surface area (Å²) in [5.41, 5.74) is 6.31. The third-order valence-electron chi connectivity index (χ3n) is 5.49. The average Bonchev–Trinajstić information content (AvgIpc) is 3.14. The van der Waals surface area contributed by atoms with E-state index in [1.807, 2.05) is 24.3 Å². The van der Waals surface area contributed by atoms with Gasteiger partial charge >= 0.3 is 0 Å². The molecule has 0 saturated carbocycles. The van der Waals surface area contributed by atoms with Gasteiger partial charge in [-0.15, -0.1) is 0 Å². The molecule has 0 aliphatic carbocycles. The highest BCUT2D eigenvalue weighted by Crippen LogP contribution is 2.28. The van der Waals surface area contributed by atoms with Gasteiger partial charge in [-0.1, -0.05) is 113 Å². The third kappa shape index (κ3) is 5.29. The van der Waals surface area contributed by atoms with Gasteiger partial charge in [-0.05, 0) is 40.8 Å². The minimum atomic E-state index is -0.405. The highest BCUT2D eigenvalue weighted by atomic mass is 79.9. The Balaban J connectivity index is 0.000000160. The van der Waals surface area contributed by atoms with E-state index in [1.165, 1.54) is 22.3 Å². The number of benzene rings is 4. The molecule has 3 nitrogen and oxygen atoms in total. The second-order valence-electron chi connectivity index (χ2n) is 7.66. The molecular formula is C29H24BrNO2.